The topological polar surface area (TPSA) is 96.9 Å². The van der Waals surface area contributed by atoms with Gasteiger partial charge in [0.05, 0.1) is 11.6 Å². The Hall–Kier alpha value is -2.43. The van der Waals surface area contributed by atoms with Gasteiger partial charge in [-0.1, -0.05) is 19.1 Å². The summed E-state index contributed by atoms with van der Waals surface area (Å²) in [6.45, 7) is 2.84. The first-order chi connectivity index (χ1) is 15.9. The highest BCUT2D eigenvalue weighted by molar-refractivity contribution is 8.00. The van der Waals surface area contributed by atoms with Crippen molar-refractivity contribution in [2.45, 2.75) is 41.2 Å². The second-order valence-corrected chi connectivity index (χ2v) is 11.6. The van der Waals surface area contributed by atoms with Crippen LogP contribution in [0.1, 0.15) is 26.2 Å². The van der Waals surface area contributed by atoms with Crippen LogP contribution in [0, 0.1) is 5.92 Å². The molecule has 0 aliphatic carbocycles. The predicted octanol–water partition coefficient (Wildman–Crippen LogP) is 2.94. The zero-order valence-electron chi connectivity index (χ0n) is 18.4. The van der Waals surface area contributed by atoms with Crippen LogP contribution in [-0.2, 0) is 24.3 Å². The molecule has 1 saturated heterocycles. The highest BCUT2D eigenvalue weighted by Crippen LogP contribution is 2.37. The molecule has 1 aromatic heterocycles. The second-order valence-electron chi connectivity index (χ2n) is 8.21. The van der Waals surface area contributed by atoms with Crippen molar-refractivity contribution in [3.63, 3.8) is 0 Å². The van der Waals surface area contributed by atoms with E-state index < -0.39 is 21.9 Å². The van der Waals surface area contributed by atoms with Crippen molar-refractivity contribution >= 4 is 39.3 Å². The molecule has 33 heavy (non-hydrogen) atoms. The van der Waals surface area contributed by atoms with Crippen LogP contribution >= 0.6 is 11.8 Å². The van der Waals surface area contributed by atoms with Gasteiger partial charge in [0, 0.05) is 42.2 Å². The molecule has 3 heterocycles. The van der Waals surface area contributed by atoms with Gasteiger partial charge in [-0.05, 0) is 43.5 Å². The molecule has 8 nitrogen and oxygen atoms in total. The van der Waals surface area contributed by atoms with Crippen LogP contribution in [-0.4, -0.2) is 61.1 Å². The van der Waals surface area contributed by atoms with Gasteiger partial charge in [-0.3, -0.25) is 14.6 Å². The maximum Gasteiger partial charge on any atom is 0.309 e. The van der Waals surface area contributed by atoms with E-state index in [-0.39, 0.29) is 30.5 Å². The average molecular weight is 490 g/mol. The van der Waals surface area contributed by atoms with Gasteiger partial charge in [0.25, 0.3) is 5.91 Å². The van der Waals surface area contributed by atoms with E-state index in [9.17, 15) is 18.0 Å². The van der Waals surface area contributed by atoms with Crippen molar-refractivity contribution in [3.8, 4) is 0 Å². The first-order valence-corrected chi connectivity index (χ1v) is 13.3. The molecule has 1 atom stereocenters. The number of para-hydroxylation sites is 1. The Bertz CT molecular complexity index is 1100. The van der Waals surface area contributed by atoms with Crippen molar-refractivity contribution < 1.29 is 22.7 Å². The molecule has 2 aromatic rings. The Kier molecular flexibility index (Phi) is 7.35. The summed E-state index contributed by atoms with van der Waals surface area (Å²) in [5.41, 5.74) is 0.849. The fourth-order valence-corrected chi connectivity index (χ4v) is 6.60. The maximum absolute atomic E-state index is 12.9. The number of amides is 1. The number of esters is 1. The number of aromatic nitrogens is 1. The zero-order chi connectivity index (χ0) is 23.4. The van der Waals surface area contributed by atoms with Crippen molar-refractivity contribution in [1.29, 1.82) is 0 Å². The Balaban J connectivity index is 1.32. The van der Waals surface area contributed by atoms with E-state index in [0.29, 0.717) is 24.6 Å². The molecular formula is C23H27N3O5S2. The number of pyridine rings is 1. The van der Waals surface area contributed by atoms with Gasteiger partial charge in [-0.2, -0.15) is 4.31 Å². The Morgan fingerprint density at radius 2 is 1.85 bits per heavy atom. The van der Waals surface area contributed by atoms with Gasteiger partial charge in [-0.15, -0.1) is 11.8 Å². The highest BCUT2D eigenvalue weighted by Gasteiger charge is 2.33. The summed E-state index contributed by atoms with van der Waals surface area (Å²) in [5.74, 6) is -1.13. The third-order valence-corrected chi connectivity index (χ3v) is 9.06. The highest BCUT2D eigenvalue weighted by atomic mass is 32.2. The first kappa shape index (κ1) is 23.7. The SMILES string of the molecule is CC1CCN(C(=O)COC(=O)C2CCN(S(=O)(=O)c3cccnc3)CC2)c2ccccc2S1. The average Bonchev–Trinajstić information content (AvgIpc) is 3.01. The normalized spacial score (nSPS) is 20.0. The largest absolute Gasteiger partial charge is 0.455 e. The van der Waals surface area contributed by atoms with Crippen molar-refractivity contribution in [2.24, 2.45) is 5.92 Å². The van der Waals surface area contributed by atoms with Crippen molar-refractivity contribution in [2.75, 3.05) is 31.1 Å². The summed E-state index contributed by atoms with van der Waals surface area (Å²) in [6.07, 6.45) is 4.40. The number of hydrogen-bond donors (Lipinski definition) is 0. The van der Waals surface area contributed by atoms with Crippen molar-refractivity contribution in [1.82, 2.24) is 9.29 Å². The molecule has 0 N–H and O–H groups in total. The van der Waals surface area contributed by atoms with Gasteiger partial charge >= 0.3 is 5.97 Å². The number of carbonyl (C=O) groups excluding carboxylic acids is 2. The van der Waals surface area contributed by atoms with E-state index in [1.54, 1.807) is 22.7 Å². The van der Waals surface area contributed by atoms with Crippen LogP contribution in [0.5, 0.6) is 0 Å². The van der Waals surface area contributed by atoms with Crippen LogP contribution in [0.4, 0.5) is 5.69 Å². The number of piperidine rings is 1. The minimum atomic E-state index is -3.63. The second kappa shape index (κ2) is 10.2. The fourth-order valence-electron chi connectivity index (χ4n) is 4.06. The summed E-state index contributed by atoms with van der Waals surface area (Å²) in [5, 5.41) is 0.389. The third-order valence-electron chi connectivity index (χ3n) is 5.94. The van der Waals surface area contributed by atoms with E-state index >= 15 is 0 Å². The third kappa shape index (κ3) is 5.39. The molecule has 2 aliphatic rings. The van der Waals surface area contributed by atoms with E-state index in [0.717, 1.165) is 17.0 Å². The van der Waals surface area contributed by atoms with E-state index in [1.165, 1.54) is 22.8 Å². The van der Waals surface area contributed by atoms with E-state index in [1.807, 2.05) is 24.3 Å². The maximum atomic E-state index is 12.9. The van der Waals surface area contributed by atoms with Crippen LogP contribution < -0.4 is 4.90 Å². The van der Waals surface area contributed by atoms with Gasteiger partial charge in [0.1, 0.15) is 4.90 Å². The summed E-state index contributed by atoms with van der Waals surface area (Å²) in [4.78, 5) is 32.3. The molecule has 2 aliphatic heterocycles. The Morgan fingerprint density at radius 1 is 1.09 bits per heavy atom. The number of anilines is 1. The minimum Gasteiger partial charge on any atom is -0.455 e. The number of benzene rings is 1. The lowest BCUT2D eigenvalue weighted by Crippen LogP contribution is -2.41. The number of sulfonamides is 1. The molecule has 0 radical (unpaired) electrons. The zero-order valence-corrected chi connectivity index (χ0v) is 20.1. The summed E-state index contributed by atoms with van der Waals surface area (Å²) in [7, 11) is -3.63. The molecule has 0 saturated carbocycles. The minimum absolute atomic E-state index is 0.141. The van der Waals surface area contributed by atoms with Gasteiger partial charge in [-0.25, -0.2) is 8.42 Å². The number of rotatable bonds is 5. The number of carbonyl (C=O) groups is 2. The van der Waals surface area contributed by atoms with Crippen molar-refractivity contribution in [3.05, 3.63) is 48.8 Å². The molecule has 0 spiro atoms. The molecule has 1 amide bonds. The number of fused-ring (bicyclic) bond motifs is 1. The van der Waals surface area contributed by atoms with E-state index in [4.69, 9.17) is 4.74 Å². The van der Waals surface area contributed by atoms with Gasteiger partial charge in [0.15, 0.2) is 6.61 Å². The molecule has 1 aromatic carbocycles. The Morgan fingerprint density at radius 3 is 2.58 bits per heavy atom. The smallest absolute Gasteiger partial charge is 0.309 e. The molecule has 10 heteroatoms. The number of thioether (sulfide) groups is 1. The number of ether oxygens (including phenoxy) is 1. The van der Waals surface area contributed by atoms with Crippen LogP contribution in [0.25, 0.3) is 0 Å². The summed E-state index contributed by atoms with van der Waals surface area (Å²) >= 11 is 1.74. The van der Waals surface area contributed by atoms with E-state index in [2.05, 4.69) is 11.9 Å². The summed E-state index contributed by atoms with van der Waals surface area (Å²) < 4.78 is 32.2. The van der Waals surface area contributed by atoms with Gasteiger partial charge < -0.3 is 9.64 Å². The molecular weight excluding hydrogens is 462 g/mol. The number of hydrogen-bond acceptors (Lipinski definition) is 7. The molecule has 1 fully saturated rings. The lowest BCUT2D eigenvalue weighted by Gasteiger charge is -2.30. The van der Waals surface area contributed by atoms with Crippen LogP contribution in [0.3, 0.4) is 0 Å². The van der Waals surface area contributed by atoms with Crippen LogP contribution in [0.15, 0.2) is 58.6 Å². The van der Waals surface area contributed by atoms with Gasteiger partial charge in [0.2, 0.25) is 10.0 Å². The predicted molar refractivity (Wildman–Crippen MR) is 125 cm³/mol. The fraction of sp³-hybridized carbons (Fsp3) is 0.435. The molecule has 4 rings (SSSR count). The lowest BCUT2D eigenvalue weighted by molar-refractivity contribution is -0.153. The summed E-state index contributed by atoms with van der Waals surface area (Å²) in [6, 6.07) is 10.9. The van der Waals surface area contributed by atoms with Crippen LogP contribution in [0.2, 0.25) is 0 Å². The lowest BCUT2D eigenvalue weighted by atomic mass is 9.98. The quantitative estimate of drug-likeness (QED) is 0.596. The first-order valence-electron chi connectivity index (χ1n) is 11.0. The molecule has 0 bridgehead atoms. The molecule has 1 unspecified atom stereocenters. The molecule has 176 valence electrons. The standard InChI is InChI=1S/C23H27N3O5S2/c1-17-8-14-26(20-6-2-3-7-21(20)32-17)22(27)16-31-23(28)18-9-12-25(13-10-18)33(29,30)19-5-4-11-24-15-19/h2-7,11,15,17-18H,8-10,12-14,16H2,1H3. The number of nitrogens with zero attached hydrogens (tertiary/aromatic N) is 3. The monoisotopic (exact) mass is 489 g/mol. The Labute approximate surface area is 198 Å².